The number of thioether (sulfide) groups is 1. The van der Waals surface area contributed by atoms with Gasteiger partial charge in [0.1, 0.15) is 6.07 Å². The number of nitrogens with one attached hydrogen (secondary N) is 1. The summed E-state index contributed by atoms with van der Waals surface area (Å²) in [6.45, 7) is 3.74. The van der Waals surface area contributed by atoms with Gasteiger partial charge in [-0.05, 0) is 48.0 Å². The molecule has 0 fully saturated rings. The fraction of sp³-hybridized carbons (Fsp3) is 0.167. The molecule has 0 aliphatic carbocycles. The lowest BCUT2D eigenvalue weighted by Crippen LogP contribution is -2.23. The molecule has 26 heavy (non-hydrogen) atoms. The average molecular weight is 364 g/mol. The molecular formula is C18H16N6OS. The number of aromatic nitrogens is 4. The Kier molecular flexibility index (Phi) is 5.29. The van der Waals surface area contributed by atoms with E-state index in [2.05, 4.69) is 26.9 Å². The SMILES string of the molecule is Cc1ccccc1-n1nnnc1S[C@@H](C)C(=O)Nc1ccccc1C#N. The maximum absolute atomic E-state index is 12.5. The van der Waals surface area contributed by atoms with Gasteiger partial charge in [-0.25, -0.2) is 0 Å². The van der Waals surface area contributed by atoms with E-state index in [0.717, 1.165) is 11.3 Å². The van der Waals surface area contributed by atoms with E-state index >= 15 is 0 Å². The Hall–Kier alpha value is -3.18. The molecular weight excluding hydrogens is 348 g/mol. The van der Waals surface area contributed by atoms with Crippen molar-refractivity contribution in [3.8, 4) is 11.8 Å². The first-order valence-corrected chi connectivity index (χ1v) is 8.79. The minimum absolute atomic E-state index is 0.225. The van der Waals surface area contributed by atoms with Crippen LogP contribution in [0.25, 0.3) is 5.69 Å². The van der Waals surface area contributed by atoms with Gasteiger partial charge in [0.2, 0.25) is 11.1 Å². The number of carbonyl (C=O) groups is 1. The zero-order chi connectivity index (χ0) is 18.5. The third-order valence-corrected chi connectivity index (χ3v) is 4.77. The molecule has 0 saturated carbocycles. The summed E-state index contributed by atoms with van der Waals surface area (Å²) < 4.78 is 1.62. The number of hydrogen-bond acceptors (Lipinski definition) is 6. The number of tetrazole rings is 1. The number of aryl methyl sites for hydroxylation is 1. The second kappa shape index (κ2) is 7.80. The smallest absolute Gasteiger partial charge is 0.237 e. The van der Waals surface area contributed by atoms with Crippen LogP contribution in [-0.4, -0.2) is 31.4 Å². The Bertz CT molecular complexity index is 978. The predicted molar refractivity (Wildman–Crippen MR) is 99.0 cm³/mol. The number of nitrogens with zero attached hydrogens (tertiary/aromatic N) is 5. The maximum Gasteiger partial charge on any atom is 0.237 e. The normalized spacial score (nSPS) is 11.6. The highest BCUT2D eigenvalue weighted by molar-refractivity contribution is 8.00. The van der Waals surface area contributed by atoms with Crippen LogP contribution >= 0.6 is 11.8 Å². The first kappa shape index (κ1) is 17.6. The number of para-hydroxylation sites is 2. The summed E-state index contributed by atoms with van der Waals surface area (Å²) in [4.78, 5) is 12.5. The fourth-order valence-corrected chi connectivity index (χ4v) is 3.14. The molecule has 0 bridgehead atoms. The zero-order valence-electron chi connectivity index (χ0n) is 14.2. The Morgan fingerprint density at radius 2 is 1.96 bits per heavy atom. The van der Waals surface area contributed by atoms with Gasteiger partial charge in [0.25, 0.3) is 0 Å². The van der Waals surface area contributed by atoms with Crippen molar-refractivity contribution < 1.29 is 4.79 Å². The monoisotopic (exact) mass is 364 g/mol. The van der Waals surface area contributed by atoms with E-state index in [1.807, 2.05) is 31.2 Å². The van der Waals surface area contributed by atoms with Gasteiger partial charge in [0, 0.05) is 0 Å². The molecule has 130 valence electrons. The van der Waals surface area contributed by atoms with Crippen LogP contribution < -0.4 is 5.32 Å². The summed E-state index contributed by atoms with van der Waals surface area (Å²) >= 11 is 1.25. The highest BCUT2D eigenvalue weighted by atomic mass is 32.2. The van der Waals surface area contributed by atoms with Crippen molar-refractivity contribution in [2.45, 2.75) is 24.3 Å². The van der Waals surface area contributed by atoms with E-state index < -0.39 is 5.25 Å². The van der Waals surface area contributed by atoms with Crippen LogP contribution in [0.1, 0.15) is 18.1 Å². The number of rotatable bonds is 5. The first-order chi connectivity index (χ1) is 12.6. The number of carbonyl (C=O) groups excluding carboxylic acids is 1. The molecule has 1 aromatic heterocycles. The van der Waals surface area contributed by atoms with Crippen LogP contribution in [0.3, 0.4) is 0 Å². The van der Waals surface area contributed by atoms with Gasteiger partial charge < -0.3 is 5.32 Å². The Morgan fingerprint density at radius 3 is 2.73 bits per heavy atom. The average Bonchev–Trinajstić information content (AvgIpc) is 3.10. The minimum Gasteiger partial charge on any atom is -0.324 e. The molecule has 2 aromatic carbocycles. The summed E-state index contributed by atoms with van der Waals surface area (Å²) in [5.74, 6) is -0.225. The van der Waals surface area contributed by atoms with Crippen molar-refractivity contribution in [3.05, 3.63) is 59.7 Å². The number of nitriles is 1. The second-order valence-corrected chi connectivity index (χ2v) is 6.87. The lowest BCUT2D eigenvalue weighted by molar-refractivity contribution is -0.115. The third-order valence-electron chi connectivity index (χ3n) is 3.74. The highest BCUT2D eigenvalue weighted by Gasteiger charge is 2.20. The zero-order valence-corrected chi connectivity index (χ0v) is 15.1. The Labute approximate surface area is 155 Å². The first-order valence-electron chi connectivity index (χ1n) is 7.91. The lowest BCUT2D eigenvalue weighted by atomic mass is 10.2. The summed E-state index contributed by atoms with van der Waals surface area (Å²) in [6, 6.07) is 16.7. The van der Waals surface area contributed by atoms with Crippen molar-refractivity contribution in [2.75, 3.05) is 5.32 Å². The topological polar surface area (TPSA) is 96.5 Å². The number of benzene rings is 2. The van der Waals surface area contributed by atoms with Crippen LogP contribution in [-0.2, 0) is 4.79 Å². The molecule has 0 unspecified atom stereocenters. The third kappa shape index (κ3) is 3.73. The molecule has 1 N–H and O–H groups in total. The fourth-order valence-electron chi connectivity index (χ4n) is 2.34. The summed E-state index contributed by atoms with van der Waals surface area (Å²) in [5.41, 5.74) is 2.80. The number of amides is 1. The standard InChI is InChI=1S/C18H16N6OS/c1-12-7-3-6-10-16(12)24-18(21-22-23-24)26-13(2)17(25)20-15-9-5-4-8-14(15)11-19/h3-10,13H,1-2H3,(H,20,25)/t13-/m0/s1. The molecule has 0 spiro atoms. The Morgan fingerprint density at radius 1 is 1.23 bits per heavy atom. The van der Waals surface area contributed by atoms with E-state index in [-0.39, 0.29) is 5.91 Å². The van der Waals surface area contributed by atoms with Gasteiger partial charge in [-0.2, -0.15) is 9.94 Å². The molecule has 0 aliphatic heterocycles. The molecule has 3 rings (SSSR count). The highest BCUT2D eigenvalue weighted by Crippen LogP contribution is 2.25. The number of hydrogen-bond donors (Lipinski definition) is 1. The maximum atomic E-state index is 12.5. The van der Waals surface area contributed by atoms with E-state index in [0.29, 0.717) is 16.4 Å². The van der Waals surface area contributed by atoms with Gasteiger partial charge >= 0.3 is 0 Å². The van der Waals surface area contributed by atoms with Crippen molar-refractivity contribution >= 4 is 23.4 Å². The van der Waals surface area contributed by atoms with Gasteiger partial charge in [-0.3, -0.25) is 4.79 Å². The molecule has 8 heteroatoms. The van der Waals surface area contributed by atoms with Crippen molar-refractivity contribution in [2.24, 2.45) is 0 Å². The molecule has 1 amide bonds. The van der Waals surface area contributed by atoms with Gasteiger partial charge in [0.05, 0.1) is 22.2 Å². The predicted octanol–water partition coefficient (Wildman–Crippen LogP) is 2.96. The molecule has 1 heterocycles. The van der Waals surface area contributed by atoms with E-state index in [9.17, 15) is 4.79 Å². The number of anilines is 1. The van der Waals surface area contributed by atoms with Crippen LogP contribution in [0.2, 0.25) is 0 Å². The van der Waals surface area contributed by atoms with Crippen molar-refractivity contribution in [1.82, 2.24) is 20.2 Å². The van der Waals surface area contributed by atoms with E-state index in [4.69, 9.17) is 5.26 Å². The van der Waals surface area contributed by atoms with E-state index in [1.54, 1.807) is 35.9 Å². The molecule has 0 radical (unpaired) electrons. The summed E-state index contributed by atoms with van der Waals surface area (Å²) in [5, 5.41) is 23.8. The minimum atomic E-state index is -0.449. The second-order valence-electron chi connectivity index (χ2n) is 5.57. The quantitative estimate of drug-likeness (QED) is 0.699. The lowest BCUT2D eigenvalue weighted by Gasteiger charge is -2.13. The van der Waals surface area contributed by atoms with Gasteiger partial charge in [-0.15, -0.1) is 5.10 Å². The van der Waals surface area contributed by atoms with Crippen LogP contribution in [0.4, 0.5) is 5.69 Å². The van der Waals surface area contributed by atoms with E-state index in [1.165, 1.54) is 11.8 Å². The van der Waals surface area contributed by atoms with Crippen molar-refractivity contribution in [1.29, 1.82) is 5.26 Å². The molecule has 3 aromatic rings. The van der Waals surface area contributed by atoms with Crippen molar-refractivity contribution in [3.63, 3.8) is 0 Å². The largest absolute Gasteiger partial charge is 0.324 e. The van der Waals surface area contributed by atoms with Crippen LogP contribution in [0, 0.1) is 18.3 Å². The van der Waals surface area contributed by atoms with Gasteiger partial charge in [0.15, 0.2) is 0 Å². The summed E-state index contributed by atoms with van der Waals surface area (Å²) in [6.07, 6.45) is 0. The van der Waals surface area contributed by atoms with Crippen LogP contribution in [0.5, 0.6) is 0 Å². The van der Waals surface area contributed by atoms with Gasteiger partial charge in [-0.1, -0.05) is 42.1 Å². The van der Waals surface area contributed by atoms with Crippen LogP contribution in [0.15, 0.2) is 53.7 Å². The molecule has 7 nitrogen and oxygen atoms in total. The Balaban J connectivity index is 1.76. The molecule has 0 saturated heterocycles. The summed E-state index contributed by atoms with van der Waals surface area (Å²) in [7, 11) is 0. The molecule has 0 aliphatic rings. The molecule has 1 atom stereocenters.